The van der Waals surface area contributed by atoms with Crippen LogP contribution in [0.4, 0.5) is 0 Å². The fraction of sp³-hybridized carbons (Fsp3) is 0.571. The number of rotatable bonds is 3. The summed E-state index contributed by atoms with van der Waals surface area (Å²) in [5.74, 6) is 0.666. The van der Waals surface area contributed by atoms with Crippen LogP contribution in [0.2, 0.25) is 0 Å². The molecule has 3 nitrogen and oxygen atoms in total. The normalized spacial score (nSPS) is 25.8. The van der Waals surface area contributed by atoms with Gasteiger partial charge in [-0.15, -0.1) is 0 Å². The van der Waals surface area contributed by atoms with Crippen LogP contribution in [-0.2, 0) is 0 Å². The summed E-state index contributed by atoms with van der Waals surface area (Å²) in [7, 11) is 0. The molecule has 18 heavy (non-hydrogen) atoms. The maximum Gasteiger partial charge on any atom is 0.125 e. The van der Waals surface area contributed by atoms with Gasteiger partial charge in [0.1, 0.15) is 11.9 Å². The van der Waals surface area contributed by atoms with E-state index in [0.29, 0.717) is 5.75 Å². The zero-order valence-corrected chi connectivity index (χ0v) is 12.1. The number of halogens is 1. The van der Waals surface area contributed by atoms with Crippen LogP contribution in [0.3, 0.4) is 0 Å². The van der Waals surface area contributed by atoms with Gasteiger partial charge in [-0.05, 0) is 44.4 Å². The summed E-state index contributed by atoms with van der Waals surface area (Å²) < 4.78 is 6.80. The van der Waals surface area contributed by atoms with Crippen LogP contribution in [-0.4, -0.2) is 22.4 Å². The van der Waals surface area contributed by atoms with Gasteiger partial charge in [-0.1, -0.05) is 22.4 Å². The first kappa shape index (κ1) is 13.8. The number of hydrogen-bond donors (Lipinski definition) is 2. The Balaban J connectivity index is 2.17. The fourth-order valence-electron chi connectivity index (χ4n) is 2.33. The van der Waals surface area contributed by atoms with Gasteiger partial charge in [0.2, 0.25) is 0 Å². The van der Waals surface area contributed by atoms with E-state index in [9.17, 15) is 10.2 Å². The maximum absolute atomic E-state index is 9.92. The largest absolute Gasteiger partial charge is 0.487 e. The molecule has 0 heterocycles. The van der Waals surface area contributed by atoms with Crippen molar-refractivity contribution in [3.05, 3.63) is 28.2 Å². The Morgan fingerprint density at radius 1 is 1.33 bits per heavy atom. The lowest BCUT2D eigenvalue weighted by molar-refractivity contribution is 0.00527. The summed E-state index contributed by atoms with van der Waals surface area (Å²) in [6, 6.07) is 5.58. The van der Waals surface area contributed by atoms with Gasteiger partial charge in [-0.25, -0.2) is 0 Å². The quantitative estimate of drug-likeness (QED) is 0.901. The van der Waals surface area contributed by atoms with Gasteiger partial charge >= 0.3 is 0 Å². The van der Waals surface area contributed by atoms with Crippen molar-refractivity contribution in [3.63, 3.8) is 0 Å². The Kier molecular flexibility index (Phi) is 4.65. The van der Waals surface area contributed by atoms with Crippen molar-refractivity contribution in [1.29, 1.82) is 0 Å². The van der Waals surface area contributed by atoms with Gasteiger partial charge in [0, 0.05) is 10.0 Å². The lowest BCUT2D eigenvalue weighted by atomic mass is 9.94. The Labute approximate surface area is 116 Å². The highest BCUT2D eigenvalue weighted by Gasteiger charge is 2.25. The molecule has 2 unspecified atom stereocenters. The Morgan fingerprint density at radius 3 is 2.72 bits per heavy atom. The van der Waals surface area contributed by atoms with E-state index >= 15 is 0 Å². The zero-order chi connectivity index (χ0) is 13.1. The van der Waals surface area contributed by atoms with Crippen LogP contribution in [0, 0.1) is 0 Å². The van der Waals surface area contributed by atoms with Crippen LogP contribution in [0.5, 0.6) is 5.75 Å². The lowest BCUT2D eigenvalue weighted by Gasteiger charge is -2.29. The Bertz CT molecular complexity index is 406. The molecular weight excluding hydrogens is 296 g/mol. The molecular formula is C14H19BrO3. The van der Waals surface area contributed by atoms with Crippen LogP contribution in [0.25, 0.3) is 0 Å². The lowest BCUT2D eigenvalue weighted by Crippen LogP contribution is -2.34. The number of ether oxygens (including phenoxy) is 1. The molecule has 100 valence electrons. The molecule has 2 N–H and O–H groups in total. The Hall–Kier alpha value is -0.580. The second kappa shape index (κ2) is 6.04. The van der Waals surface area contributed by atoms with Gasteiger partial charge in [0.15, 0.2) is 0 Å². The average Bonchev–Trinajstić information content (AvgIpc) is 2.34. The van der Waals surface area contributed by atoms with E-state index in [1.807, 2.05) is 18.2 Å². The molecule has 1 saturated carbocycles. The molecule has 0 amide bonds. The number of hydrogen-bond acceptors (Lipinski definition) is 3. The predicted molar refractivity (Wildman–Crippen MR) is 73.7 cm³/mol. The molecule has 4 heteroatoms. The highest BCUT2D eigenvalue weighted by molar-refractivity contribution is 9.10. The number of aliphatic hydroxyl groups is 2. The zero-order valence-electron chi connectivity index (χ0n) is 10.5. The van der Waals surface area contributed by atoms with Crippen LogP contribution in [0.1, 0.15) is 44.3 Å². The predicted octanol–water partition coefficient (Wildman–Crippen LogP) is 3.18. The van der Waals surface area contributed by atoms with Gasteiger partial charge in [0.05, 0.1) is 12.2 Å². The summed E-state index contributed by atoms with van der Waals surface area (Å²) in [6.07, 6.45) is 2.68. The van der Waals surface area contributed by atoms with Gasteiger partial charge < -0.3 is 14.9 Å². The average molecular weight is 315 g/mol. The van der Waals surface area contributed by atoms with Crippen LogP contribution < -0.4 is 4.74 Å². The highest BCUT2D eigenvalue weighted by atomic mass is 79.9. The summed E-state index contributed by atoms with van der Waals surface area (Å²) in [5.41, 5.74) is 0.752. The fourth-order valence-corrected chi connectivity index (χ4v) is 2.71. The van der Waals surface area contributed by atoms with E-state index in [1.54, 1.807) is 6.92 Å². The summed E-state index contributed by atoms with van der Waals surface area (Å²) in [6.45, 7) is 1.71. The van der Waals surface area contributed by atoms with Crippen molar-refractivity contribution in [2.24, 2.45) is 0 Å². The van der Waals surface area contributed by atoms with E-state index in [1.165, 1.54) is 0 Å². The minimum Gasteiger partial charge on any atom is -0.487 e. The van der Waals surface area contributed by atoms with E-state index in [2.05, 4.69) is 15.9 Å². The molecule has 1 aromatic carbocycles. The smallest absolute Gasteiger partial charge is 0.125 e. The third kappa shape index (κ3) is 3.25. The third-order valence-electron chi connectivity index (χ3n) is 3.37. The molecule has 0 bridgehead atoms. The summed E-state index contributed by atoms with van der Waals surface area (Å²) >= 11 is 3.39. The molecule has 1 fully saturated rings. The second-order valence-corrected chi connectivity index (χ2v) is 5.78. The minimum atomic E-state index is -0.585. The van der Waals surface area contributed by atoms with Crippen LogP contribution in [0.15, 0.2) is 22.7 Å². The Morgan fingerprint density at radius 2 is 2.06 bits per heavy atom. The van der Waals surface area contributed by atoms with Gasteiger partial charge in [-0.3, -0.25) is 0 Å². The van der Waals surface area contributed by atoms with E-state index in [4.69, 9.17) is 4.74 Å². The van der Waals surface area contributed by atoms with Crippen molar-refractivity contribution in [2.75, 3.05) is 0 Å². The highest BCUT2D eigenvalue weighted by Crippen LogP contribution is 2.31. The molecule has 0 aliphatic heterocycles. The number of aliphatic hydroxyl groups excluding tert-OH is 2. The maximum atomic E-state index is 9.92. The monoisotopic (exact) mass is 314 g/mol. The van der Waals surface area contributed by atoms with Gasteiger partial charge in [0.25, 0.3) is 0 Å². The SMILES string of the molecule is C[C@@H](O)c1cc(Br)ccc1OC1CCCCC1O. The molecule has 1 aliphatic carbocycles. The van der Waals surface area contributed by atoms with E-state index < -0.39 is 12.2 Å². The molecule has 0 radical (unpaired) electrons. The van der Waals surface area contributed by atoms with Crippen molar-refractivity contribution in [3.8, 4) is 5.75 Å². The molecule has 3 atom stereocenters. The first-order chi connectivity index (χ1) is 8.58. The van der Waals surface area contributed by atoms with Crippen molar-refractivity contribution >= 4 is 15.9 Å². The summed E-state index contributed by atoms with van der Waals surface area (Å²) in [4.78, 5) is 0. The van der Waals surface area contributed by atoms with E-state index in [-0.39, 0.29) is 6.10 Å². The first-order valence-corrected chi connectivity index (χ1v) is 7.19. The van der Waals surface area contributed by atoms with Crippen LogP contribution >= 0.6 is 15.9 Å². The number of benzene rings is 1. The molecule has 1 aromatic rings. The molecule has 0 saturated heterocycles. The second-order valence-electron chi connectivity index (χ2n) is 4.87. The van der Waals surface area contributed by atoms with Crippen molar-refractivity contribution < 1.29 is 14.9 Å². The molecule has 0 spiro atoms. The molecule has 0 aromatic heterocycles. The minimum absolute atomic E-state index is 0.155. The first-order valence-electron chi connectivity index (χ1n) is 6.40. The molecule has 1 aliphatic rings. The third-order valence-corrected chi connectivity index (χ3v) is 3.86. The van der Waals surface area contributed by atoms with Gasteiger partial charge in [-0.2, -0.15) is 0 Å². The molecule has 2 rings (SSSR count). The standard InChI is InChI=1S/C14H19BrO3/c1-9(16)11-8-10(15)6-7-13(11)18-14-5-3-2-4-12(14)17/h6-9,12,14,16-17H,2-5H2,1H3/t9-,12?,14?/m1/s1. The van der Waals surface area contributed by atoms with Crippen molar-refractivity contribution in [2.45, 2.75) is 50.9 Å². The summed E-state index contributed by atoms with van der Waals surface area (Å²) in [5, 5.41) is 19.7. The van der Waals surface area contributed by atoms with Crippen molar-refractivity contribution in [1.82, 2.24) is 0 Å². The topological polar surface area (TPSA) is 49.7 Å². The van der Waals surface area contributed by atoms with E-state index in [0.717, 1.165) is 35.7 Å².